The molecule has 0 unspecified atom stereocenters. The Morgan fingerprint density at radius 1 is 0.913 bits per heavy atom. The number of rotatable bonds is 3. The second kappa shape index (κ2) is 6.04. The van der Waals surface area contributed by atoms with Crippen LogP contribution in [0.4, 0.5) is 0 Å². The summed E-state index contributed by atoms with van der Waals surface area (Å²) in [5.74, 6) is 0. The van der Waals surface area contributed by atoms with Crippen molar-refractivity contribution in [3.05, 3.63) is 81.8 Å². The van der Waals surface area contributed by atoms with E-state index in [9.17, 15) is 0 Å². The van der Waals surface area contributed by atoms with E-state index < -0.39 is 0 Å². The Morgan fingerprint density at radius 2 is 1.83 bits per heavy atom. The fraction of sp³-hybridized carbons (Fsp3) is 0.0526. The summed E-state index contributed by atoms with van der Waals surface area (Å²) < 4.78 is 2.24. The molecule has 4 rings (SSSR count). The average molecular weight is 358 g/mol. The van der Waals surface area contributed by atoms with Gasteiger partial charge in [0.05, 0.1) is 10.0 Å². The van der Waals surface area contributed by atoms with Gasteiger partial charge in [0.15, 0.2) is 0 Å². The summed E-state index contributed by atoms with van der Waals surface area (Å²) in [7, 11) is 0. The van der Waals surface area contributed by atoms with Crippen molar-refractivity contribution in [2.75, 3.05) is 0 Å². The number of hydrogen-bond donors (Lipinski definition) is 0. The molecular weight excluding hydrogens is 345 g/mol. The van der Waals surface area contributed by atoms with Gasteiger partial charge in [0, 0.05) is 34.1 Å². The van der Waals surface area contributed by atoms with E-state index in [1.165, 1.54) is 21.3 Å². The lowest BCUT2D eigenvalue weighted by molar-refractivity contribution is 0.837. The molecule has 4 heteroatoms. The normalized spacial score (nSPS) is 11.2. The predicted octanol–water partition coefficient (Wildman–Crippen LogP) is 6.72. The molecular formula is C19H13Cl2NS. The lowest BCUT2D eigenvalue weighted by atomic mass is 10.1. The highest BCUT2D eigenvalue weighted by Gasteiger charge is 2.09. The molecule has 2 aromatic carbocycles. The first kappa shape index (κ1) is 14.8. The Bertz CT molecular complexity index is 970. The number of fused-ring (bicyclic) bond motifs is 1. The van der Waals surface area contributed by atoms with Crippen LogP contribution in [0.25, 0.3) is 21.3 Å². The minimum Gasteiger partial charge on any atom is -0.343 e. The van der Waals surface area contributed by atoms with E-state index in [-0.39, 0.29) is 0 Å². The van der Waals surface area contributed by atoms with Crippen LogP contribution in [0.3, 0.4) is 0 Å². The summed E-state index contributed by atoms with van der Waals surface area (Å²) in [5, 5.41) is 4.57. The maximum Gasteiger partial charge on any atom is 0.0595 e. The van der Waals surface area contributed by atoms with Crippen LogP contribution in [0.5, 0.6) is 0 Å². The molecule has 0 amide bonds. The Kier molecular flexibility index (Phi) is 3.90. The average Bonchev–Trinajstić information content (AvgIpc) is 3.21. The molecule has 4 aromatic rings. The molecule has 0 spiro atoms. The van der Waals surface area contributed by atoms with Crippen molar-refractivity contribution in [1.82, 2.24) is 4.57 Å². The summed E-state index contributed by atoms with van der Waals surface area (Å²) in [6, 6.07) is 18.7. The van der Waals surface area contributed by atoms with Crippen molar-refractivity contribution >= 4 is 45.4 Å². The maximum atomic E-state index is 6.13. The van der Waals surface area contributed by atoms with Crippen molar-refractivity contribution in [2.45, 2.75) is 6.54 Å². The Morgan fingerprint density at radius 3 is 2.61 bits per heavy atom. The molecule has 2 heterocycles. The lowest BCUT2D eigenvalue weighted by Gasteiger charge is -2.08. The summed E-state index contributed by atoms with van der Waals surface area (Å²) >= 11 is 13.9. The van der Waals surface area contributed by atoms with Gasteiger partial charge >= 0.3 is 0 Å². The van der Waals surface area contributed by atoms with Gasteiger partial charge in [-0.05, 0) is 41.3 Å². The van der Waals surface area contributed by atoms with E-state index in [2.05, 4.69) is 52.5 Å². The zero-order chi connectivity index (χ0) is 15.8. The van der Waals surface area contributed by atoms with Gasteiger partial charge in [0.25, 0.3) is 0 Å². The molecule has 0 saturated carbocycles. The number of benzene rings is 2. The summed E-state index contributed by atoms with van der Waals surface area (Å²) in [4.78, 5) is 1.29. The van der Waals surface area contributed by atoms with E-state index in [0.29, 0.717) is 10.0 Å². The zero-order valence-electron chi connectivity index (χ0n) is 12.2. The van der Waals surface area contributed by atoms with E-state index >= 15 is 0 Å². The fourth-order valence-electron chi connectivity index (χ4n) is 2.84. The monoisotopic (exact) mass is 357 g/mol. The SMILES string of the molecule is Clc1ccc(Cn2ccc3c(-c4cccs4)cccc32)cc1Cl. The van der Waals surface area contributed by atoms with Crippen LogP contribution >= 0.6 is 34.5 Å². The molecule has 0 N–H and O–H groups in total. The van der Waals surface area contributed by atoms with Gasteiger partial charge in [0.1, 0.15) is 0 Å². The third-order valence-electron chi connectivity index (χ3n) is 3.94. The van der Waals surface area contributed by atoms with Gasteiger partial charge in [0.2, 0.25) is 0 Å². The van der Waals surface area contributed by atoms with Crippen LogP contribution in [0.15, 0.2) is 66.2 Å². The first-order valence-electron chi connectivity index (χ1n) is 7.28. The van der Waals surface area contributed by atoms with Gasteiger partial charge < -0.3 is 4.57 Å². The summed E-state index contributed by atoms with van der Waals surface area (Å²) in [6.07, 6.45) is 2.13. The second-order valence-electron chi connectivity index (χ2n) is 5.41. The van der Waals surface area contributed by atoms with Crippen molar-refractivity contribution in [3.8, 4) is 10.4 Å². The van der Waals surface area contributed by atoms with Crippen LogP contribution in [0.2, 0.25) is 10.0 Å². The molecule has 0 aliphatic carbocycles. The smallest absolute Gasteiger partial charge is 0.0595 e. The Labute approximate surface area is 148 Å². The molecule has 0 atom stereocenters. The highest BCUT2D eigenvalue weighted by Crippen LogP contribution is 2.32. The van der Waals surface area contributed by atoms with Crippen LogP contribution in [0.1, 0.15) is 5.56 Å². The molecule has 0 fully saturated rings. The molecule has 0 saturated heterocycles. The van der Waals surface area contributed by atoms with Crippen LogP contribution in [-0.2, 0) is 6.54 Å². The van der Waals surface area contributed by atoms with Crippen molar-refractivity contribution < 1.29 is 0 Å². The predicted molar refractivity (Wildman–Crippen MR) is 101 cm³/mol. The number of thiophene rings is 1. The zero-order valence-corrected chi connectivity index (χ0v) is 14.5. The largest absolute Gasteiger partial charge is 0.343 e. The topological polar surface area (TPSA) is 4.93 Å². The lowest BCUT2D eigenvalue weighted by Crippen LogP contribution is -1.97. The quantitative estimate of drug-likeness (QED) is 0.383. The van der Waals surface area contributed by atoms with Gasteiger partial charge in [-0.25, -0.2) is 0 Å². The molecule has 0 aliphatic rings. The molecule has 0 radical (unpaired) electrons. The maximum absolute atomic E-state index is 6.13. The van der Waals surface area contributed by atoms with Gasteiger partial charge in [-0.1, -0.05) is 47.5 Å². The number of aromatic nitrogens is 1. The first-order chi connectivity index (χ1) is 11.2. The molecule has 0 aliphatic heterocycles. The standard InChI is InChI=1S/C19H13Cl2NS/c20-16-7-6-13(11-17(16)21)12-22-9-8-14-15(3-1-4-18(14)22)19-5-2-10-23-19/h1-11H,12H2. The third-order valence-corrected chi connectivity index (χ3v) is 5.58. The van der Waals surface area contributed by atoms with Gasteiger partial charge in [-0.15, -0.1) is 11.3 Å². The molecule has 2 aromatic heterocycles. The molecule has 1 nitrogen and oxygen atoms in total. The Hall–Kier alpha value is -1.74. The van der Waals surface area contributed by atoms with Crippen molar-refractivity contribution in [1.29, 1.82) is 0 Å². The van der Waals surface area contributed by atoms with Crippen LogP contribution in [0, 0.1) is 0 Å². The molecule has 23 heavy (non-hydrogen) atoms. The summed E-state index contributed by atoms with van der Waals surface area (Å²) in [5.41, 5.74) is 3.64. The highest BCUT2D eigenvalue weighted by atomic mass is 35.5. The van der Waals surface area contributed by atoms with Crippen molar-refractivity contribution in [3.63, 3.8) is 0 Å². The van der Waals surface area contributed by atoms with Gasteiger partial charge in [-0.2, -0.15) is 0 Å². The van der Waals surface area contributed by atoms with E-state index in [1.807, 2.05) is 18.2 Å². The fourth-order valence-corrected chi connectivity index (χ4v) is 3.93. The number of halogens is 2. The Balaban J connectivity index is 1.77. The minimum atomic E-state index is 0.591. The number of hydrogen-bond acceptors (Lipinski definition) is 1. The van der Waals surface area contributed by atoms with Gasteiger partial charge in [-0.3, -0.25) is 0 Å². The first-order valence-corrected chi connectivity index (χ1v) is 8.91. The molecule has 114 valence electrons. The highest BCUT2D eigenvalue weighted by molar-refractivity contribution is 7.13. The van der Waals surface area contributed by atoms with Crippen LogP contribution < -0.4 is 0 Å². The van der Waals surface area contributed by atoms with Crippen molar-refractivity contribution in [2.24, 2.45) is 0 Å². The van der Waals surface area contributed by atoms with E-state index in [1.54, 1.807) is 11.3 Å². The van der Waals surface area contributed by atoms with E-state index in [0.717, 1.165) is 12.1 Å². The second-order valence-corrected chi connectivity index (χ2v) is 7.17. The summed E-state index contributed by atoms with van der Waals surface area (Å²) in [6.45, 7) is 0.772. The minimum absolute atomic E-state index is 0.591. The van der Waals surface area contributed by atoms with E-state index in [4.69, 9.17) is 23.2 Å². The van der Waals surface area contributed by atoms with Crippen LogP contribution in [-0.4, -0.2) is 4.57 Å². The third kappa shape index (κ3) is 2.78. The number of nitrogens with zero attached hydrogens (tertiary/aromatic N) is 1. The molecule has 0 bridgehead atoms.